The first kappa shape index (κ1) is 7.87. The van der Waals surface area contributed by atoms with Crippen LogP contribution in [0.1, 0.15) is 23.4 Å². The van der Waals surface area contributed by atoms with Gasteiger partial charge in [-0.15, -0.1) is 0 Å². The number of hydrogen-bond acceptors (Lipinski definition) is 1. The monoisotopic (exact) mass is 164 g/mol. The number of aromatic nitrogens is 1. The molecule has 1 aromatic rings. The lowest BCUT2D eigenvalue weighted by Crippen LogP contribution is -2.07. The largest absolute Gasteiger partial charge is 0.348 e. The lowest BCUT2D eigenvalue weighted by molar-refractivity contribution is 0.702. The van der Waals surface area contributed by atoms with E-state index in [1.54, 1.807) is 5.69 Å². The highest BCUT2D eigenvalue weighted by Gasteiger charge is 2.16. The first-order valence-corrected chi connectivity index (χ1v) is 4.71. The average molecular weight is 164 g/mol. The topological polar surface area (TPSA) is 30.9 Å². The SMILES string of the molecule is Cc1cc(CCN)n2c1CCC2. The molecule has 12 heavy (non-hydrogen) atoms. The van der Waals surface area contributed by atoms with Crippen molar-refractivity contribution in [1.29, 1.82) is 0 Å². The van der Waals surface area contributed by atoms with Gasteiger partial charge in [0.1, 0.15) is 0 Å². The number of nitrogens with zero attached hydrogens (tertiary/aromatic N) is 1. The van der Waals surface area contributed by atoms with Crippen molar-refractivity contribution in [2.45, 2.75) is 32.7 Å². The summed E-state index contributed by atoms with van der Waals surface area (Å²) in [5.74, 6) is 0. The molecule has 0 fully saturated rings. The van der Waals surface area contributed by atoms with Gasteiger partial charge in [-0.2, -0.15) is 0 Å². The van der Waals surface area contributed by atoms with Crippen molar-refractivity contribution in [2.24, 2.45) is 5.73 Å². The highest BCUT2D eigenvalue weighted by Crippen LogP contribution is 2.23. The molecule has 0 saturated carbocycles. The molecule has 0 bridgehead atoms. The van der Waals surface area contributed by atoms with Crippen molar-refractivity contribution in [3.63, 3.8) is 0 Å². The Morgan fingerprint density at radius 3 is 3.17 bits per heavy atom. The summed E-state index contributed by atoms with van der Waals surface area (Å²) in [4.78, 5) is 0. The van der Waals surface area contributed by atoms with Crippen LogP contribution in [0.3, 0.4) is 0 Å². The van der Waals surface area contributed by atoms with Crippen LogP contribution in [-0.4, -0.2) is 11.1 Å². The summed E-state index contributed by atoms with van der Waals surface area (Å²) in [6, 6.07) is 2.29. The summed E-state index contributed by atoms with van der Waals surface area (Å²) < 4.78 is 2.45. The second kappa shape index (κ2) is 2.94. The van der Waals surface area contributed by atoms with Crippen molar-refractivity contribution >= 4 is 0 Å². The molecule has 0 atom stereocenters. The molecule has 2 heterocycles. The molecule has 0 aliphatic carbocycles. The van der Waals surface area contributed by atoms with E-state index in [-0.39, 0.29) is 0 Å². The van der Waals surface area contributed by atoms with E-state index >= 15 is 0 Å². The number of hydrogen-bond donors (Lipinski definition) is 1. The molecule has 1 aliphatic rings. The zero-order chi connectivity index (χ0) is 8.55. The van der Waals surface area contributed by atoms with E-state index in [0.29, 0.717) is 0 Å². The van der Waals surface area contributed by atoms with Gasteiger partial charge in [-0.25, -0.2) is 0 Å². The van der Waals surface area contributed by atoms with Gasteiger partial charge in [0.15, 0.2) is 0 Å². The van der Waals surface area contributed by atoms with Crippen LogP contribution in [0.4, 0.5) is 0 Å². The first-order chi connectivity index (χ1) is 5.83. The van der Waals surface area contributed by atoms with E-state index in [1.807, 2.05) is 0 Å². The van der Waals surface area contributed by atoms with Crippen LogP contribution in [0.15, 0.2) is 6.07 Å². The van der Waals surface area contributed by atoms with E-state index in [1.165, 1.54) is 30.6 Å². The van der Waals surface area contributed by atoms with Crippen molar-refractivity contribution in [3.05, 3.63) is 23.0 Å². The van der Waals surface area contributed by atoms with Crippen molar-refractivity contribution in [2.75, 3.05) is 6.54 Å². The third kappa shape index (κ3) is 1.07. The van der Waals surface area contributed by atoms with Crippen LogP contribution in [0, 0.1) is 6.92 Å². The zero-order valence-electron chi connectivity index (χ0n) is 7.64. The fraction of sp³-hybridized carbons (Fsp3) is 0.600. The van der Waals surface area contributed by atoms with E-state index in [4.69, 9.17) is 5.73 Å². The van der Waals surface area contributed by atoms with Crippen LogP contribution >= 0.6 is 0 Å². The van der Waals surface area contributed by atoms with Crippen LogP contribution < -0.4 is 5.73 Å². The van der Waals surface area contributed by atoms with Crippen molar-refractivity contribution < 1.29 is 0 Å². The predicted octanol–water partition coefficient (Wildman–Crippen LogP) is 1.24. The lowest BCUT2D eigenvalue weighted by Gasteiger charge is -2.03. The number of nitrogens with two attached hydrogens (primary N) is 1. The molecular formula is C10H16N2. The number of aryl methyl sites for hydroxylation is 1. The Morgan fingerprint density at radius 1 is 1.58 bits per heavy atom. The highest BCUT2D eigenvalue weighted by molar-refractivity contribution is 5.29. The average Bonchev–Trinajstić information content (AvgIpc) is 2.58. The van der Waals surface area contributed by atoms with Crippen LogP contribution in [0.2, 0.25) is 0 Å². The molecule has 1 aliphatic heterocycles. The Hall–Kier alpha value is -0.760. The minimum atomic E-state index is 0.767. The Labute approximate surface area is 73.4 Å². The number of rotatable bonds is 2. The molecule has 2 nitrogen and oxygen atoms in total. The van der Waals surface area contributed by atoms with Gasteiger partial charge in [0.25, 0.3) is 0 Å². The van der Waals surface area contributed by atoms with Gasteiger partial charge in [-0.1, -0.05) is 0 Å². The fourth-order valence-corrected chi connectivity index (χ4v) is 2.17. The highest BCUT2D eigenvalue weighted by atomic mass is 15.0. The molecule has 0 aromatic carbocycles. The third-order valence-electron chi connectivity index (χ3n) is 2.71. The molecule has 2 heteroatoms. The maximum Gasteiger partial charge on any atom is 0.0228 e. The van der Waals surface area contributed by atoms with Gasteiger partial charge in [-0.3, -0.25) is 0 Å². The maximum atomic E-state index is 5.55. The van der Waals surface area contributed by atoms with E-state index in [0.717, 1.165) is 13.0 Å². The molecular weight excluding hydrogens is 148 g/mol. The first-order valence-electron chi connectivity index (χ1n) is 4.71. The van der Waals surface area contributed by atoms with Gasteiger partial charge in [0, 0.05) is 17.9 Å². The van der Waals surface area contributed by atoms with Crippen molar-refractivity contribution in [1.82, 2.24) is 4.57 Å². The molecule has 0 spiro atoms. The van der Waals surface area contributed by atoms with Gasteiger partial charge < -0.3 is 10.3 Å². The van der Waals surface area contributed by atoms with Gasteiger partial charge >= 0.3 is 0 Å². The van der Waals surface area contributed by atoms with Gasteiger partial charge in [0.2, 0.25) is 0 Å². The van der Waals surface area contributed by atoms with E-state index in [9.17, 15) is 0 Å². The van der Waals surface area contributed by atoms with Crippen LogP contribution in [0.5, 0.6) is 0 Å². The minimum Gasteiger partial charge on any atom is -0.348 e. The normalized spacial score (nSPS) is 15.2. The molecule has 0 amide bonds. The van der Waals surface area contributed by atoms with Crippen LogP contribution in [0.25, 0.3) is 0 Å². The minimum absolute atomic E-state index is 0.767. The summed E-state index contributed by atoms with van der Waals surface area (Å²) in [7, 11) is 0. The fourth-order valence-electron chi connectivity index (χ4n) is 2.17. The van der Waals surface area contributed by atoms with E-state index < -0.39 is 0 Å². The van der Waals surface area contributed by atoms with Crippen LogP contribution in [-0.2, 0) is 19.4 Å². The summed E-state index contributed by atoms with van der Waals surface area (Å²) in [6.45, 7) is 4.18. The molecule has 0 unspecified atom stereocenters. The summed E-state index contributed by atoms with van der Waals surface area (Å²) in [5.41, 5.74) is 9.98. The molecule has 1 aromatic heterocycles. The van der Waals surface area contributed by atoms with Crippen molar-refractivity contribution in [3.8, 4) is 0 Å². The summed E-state index contributed by atoms with van der Waals surface area (Å²) in [5, 5.41) is 0. The predicted molar refractivity (Wildman–Crippen MR) is 50.2 cm³/mol. The number of fused-ring (bicyclic) bond motifs is 1. The Morgan fingerprint density at radius 2 is 2.42 bits per heavy atom. The second-order valence-electron chi connectivity index (χ2n) is 3.56. The summed E-state index contributed by atoms with van der Waals surface area (Å²) >= 11 is 0. The Kier molecular flexibility index (Phi) is 1.93. The summed E-state index contributed by atoms with van der Waals surface area (Å²) in [6.07, 6.45) is 3.60. The molecule has 0 radical (unpaired) electrons. The van der Waals surface area contributed by atoms with Gasteiger partial charge in [-0.05, 0) is 44.4 Å². The molecule has 2 N–H and O–H groups in total. The molecule has 0 saturated heterocycles. The Bertz CT molecular complexity index is 286. The van der Waals surface area contributed by atoms with Gasteiger partial charge in [0.05, 0.1) is 0 Å². The van der Waals surface area contributed by atoms with E-state index in [2.05, 4.69) is 17.6 Å². The molecule has 2 rings (SSSR count). The smallest absolute Gasteiger partial charge is 0.0228 e. The zero-order valence-corrected chi connectivity index (χ0v) is 7.64. The Balaban J connectivity index is 2.37. The quantitative estimate of drug-likeness (QED) is 0.700. The third-order valence-corrected chi connectivity index (χ3v) is 2.71. The molecule has 66 valence electrons. The standard InChI is InChI=1S/C10H16N2/c1-8-7-9(4-5-11)12-6-2-3-10(8)12/h7H,2-6,11H2,1H3. The second-order valence-corrected chi connectivity index (χ2v) is 3.56. The lowest BCUT2D eigenvalue weighted by atomic mass is 10.2. The maximum absolute atomic E-state index is 5.55.